The highest BCUT2D eigenvalue weighted by Gasteiger charge is 2.33. The minimum Gasteiger partial charge on any atom is -0.341 e. The Kier molecular flexibility index (Phi) is 4.42. The minimum absolute atomic E-state index is 0.0358. The maximum absolute atomic E-state index is 12.3. The second kappa shape index (κ2) is 5.91. The van der Waals surface area contributed by atoms with E-state index in [4.69, 9.17) is 0 Å². The third-order valence-electron chi connectivity index (χ3n) is 3.38. The van der Waals surface area contributed by atoms with Crippen molar-refractivity contribution in [2.45, 2.75) is 33.6 Å². The Balaban J connectivity index is 1.96. The number of piperidine rings is 1. The molecule has 0 bridgehead atoms. The lowest BCUT2D eigenvalue weighted by Crippen LogP contribution is -2.47. The second-order valence-electron chi connectivity index (χ2n) is 6.17. The average molecular weight is 295 g/mol. The fourth-order valence-electron chi connectivity index (χ4n) is 2.34. The highest BCUT2D eigenvalue weighted by atomic mass is 32.1. The number of anilines is 1. The van der Waals surface area contributed by atoms with Gasteiger partial charge in [0.1, 0.15) is 0 Å². The van der Waals surface area contributed by atoms with Gasteiger partial charge in [-0.15, -0.1) is 11.3 Å². The number of rotatable bonds is 2. The van der Waals surface area contributed by atoms with Gasteiger partial charge >= 0.3 is 0 Å². The van der Waals surface area contributed by atoms with Crippen molar-refractivity contribution in [1.82, 2.24) is 9.88 Å². The summed E-state index contributed by atoms with van der Waals surface area (Å²) in [4.78, 5) is 30.4. The van der Waals surface area contributed by atoms with Gasteiger partial charge in [0.25, 0.3) is 0 Å². The summed E-state index contributed by atoms with van der Waals surface area (Å²) in [6, 6.07) is 0. The van der Waals surface area contributed by atoms with Crippen LogP contribution in [-0.2, 0) is 9.59 Å². The Hall–Kier alpha value is -1.43. The molecule has 1 aromatic rings. The van der Waals surface area contributed by atoms with Crippen LogP contribution in [0.1, 0.15) is 33.6 Å². The Morgan fingerprint density at radius 2 is 2.20 bits per heavy atom. The smallest absolute Gasteiger partial charge is 0.231 e. The fraction of sp³-hybridized carbons (Fsp3) is 0.643. The molecule has 110 valence electrons. The molecule has 1 aliphatic heterocycles. The van der Waals surface area contributed by atoms with E-state index in [1.165, 1.54) is 11.3 Å². The van der Waals surface area contributed by atoms with Crippen LogP contribution < -0.4 is 5.32 Å². The number of nitrogens with one attached hydrogen (secondary N) is 1. The molecule has 6 heteroatoms. The third kappa shape index (κ3) is 3.56. The zero-order valence-corrected chi connectivity index (χ0v) is 13.0. The highest BCUT2D eigenvalue weighted by Crippen LogP contribution is 2.24. The normalized spacial score (nSPS) is 19.8. The van der Waals surface area contributed by atoms with Crippen molar-refractivity contribution in [2.24, 2.45) is 11.3 Å². The van der Waals surface area contributed by atoms with E-state index >= 15 is 0 Å². The first kappa shape index (κ1) is 15.0. The van der Waals surface area contributed by atoms with E-state index in [-0.39, 0.29) is 17.7 Å². The SMILES string of the molecule is CC(C)(C)C(=O)N1CCCC(C(=O)Nc2nccs2)C1. The number of thiazole rings is 1. The van der Waals surface area contributed by atoms with Crippen LogP contribution in [-0.4, -0.2) is 34.8 Å². The molecule has 1 aromatic heterocycles. The van der Waals surface area contributed by atoms with Crippen molar-refractivity contribution < 1.29 is 9.59 Å². The van der Waals surface area contributed by atoms with Gasteiger partial charge in [-0.2, -0.15) is 0 Å². The zero-order chi connectivity index (χ0) is 14.8. The summed E-state index contributed by atoms with van der Waals surface area (Å²) in [6.45, 7) is 6.99. The van der Waals surface area contributed by atoms with Crippen molar-refractivity contribution in [3.05, 3.63) is 11.6 Å². The molecule has 1 fully saturated rings. The van der Waals surface area contributed by atoms with E-state index in [1.54, 1.807) is 6.20 Å². The molecule has 0 saturated carbocycles. The number of carbonyl (C=O) groups excluding carboxylic acids is 2. The maximum atomic E-state index is 12.3. The van der Waals surface area contributed by atoms with Gasteiger partial charge in [0.2, 0.25) is 11.8 Å². The van der Waals surface area contributed by atoms with Crippen molar-refractivity contribution >= 4 is 28.3 Å². The first-order valence-corrected chi connectivity index (χ1v) is 7.75. The van der Waals surface area contributed by atoms with Crippen LogP contribution in [0.5, 0.6) is 0 Å². The van der Waals surface area contributed by atoms with Crippen LogP contribution in [0.3, 0.4) is 0 Å². The standard InChI is InChI=1S/C14H21N3O2S/c1-14(2,3)12(19)17-7-4-5-10(9-17)11(18)16-13-15-6-8-20-13/h6,8,10H,4-5,7,9H2,1-3H3,(H,15,16,18). The summed E-state index contributed by atoms with van der Waals surface area (Å²) >= 11 is 1.40. The van der Waals surface area contributed by atoms with Crippen LogP contribution in [0.15, 0.2) is 11.6 Å². The van der Waals surface area contributed by atoms with E-state index in [0.29, 0.717) is 11.7 Å². The number of likely N-dealkylation sites (tertiary alicyclic amines) is 1. The molecule has 5 nitrogen and oxygen atoms in total. The molecule has 2 heterocycles. The van der Waals surface area contributed by atoms with Crippen LogP contribution >= 0.6 is 11.3 Å². The summed E-state index contributed by atoms with van der Waals surface area (Å²) in [5, 5.41) is 5.27. The fourth-order valence-corrected chi connectivity index (χ4v) is 2.87. The topological polar surface area (TPSA) is 62.3 Å². The summed E-state index contributed by atoms with van der Waals surface area (Å²) in [6.07, 6.45) is 3.36. The molecule has 1 saturated heterocycles. The third-order valence-corrected chi connectivity index (χ3v) is 4.07. The zero-order valence-electron chi connectivity index (χ0n) is 12.2. The van der Waals surface area contributed by atoms with Gasteiger partial charge in [-0.25, -0.2) is 4.98 Å². The monoisotopic (exact) mass is 295 g/mol. The molecule has 0 aromatic carbocycles. The van der Waals surface area contributed by atoms with Gasteiger partial charge in [-0.05, 0) is 12.8 Å². The summed E-state index contributed by atoms with van der Waals surface area (Å²) in [5.74, 6) is -0.0606. The quantitative estimate of drug-likeness (QED) is 0.911. The molecular formula is C14H21N3O2S. The number of hydrogen-bond acceptors (Lipinski definition) is 4. The van der Waals surface area contributed by atoms with E-state index in [9.17, 15) is 9.59 Å². The molecule has 2 amide bonds. The Bertz CT molecular complexity index is 479. The van der Waals surface area contributed by atoms with Crippen molar-refractivity contribution in [2.75, 3.05) is 18.4 Å². The molecule has 0 spiro atoms. The lowest BCUT2D eigenvalue weighted by Gasteiger charge is -2.35. The average Bonchev–Trinajstić information content (AvgIpc) is 2.89. The number of hydrogen-bond donors (Lipinski definition) is 1. The molecule has 0 aliphatic carbocycles. The van der Waals surface area contributed by atoms with E-state index in [0.717, 1.165) is 19.4 Å². The maximum Gasteiger partial charge on any atom is 0.231 e. The van der Waals surface area contributed by atoms with Crippen molar-refractivity contribution in [3.8, 4) is 0 Å². The molecule has 2 rings (SSSR count). The summed E-state index contributed by atoms with van der Waals surface area (Å²) in [5.41, 5.74) is -0.395. The van der Waals surface area contributed by atoms with Crippen molar-refractivity contribution in [1.29, 1.82) is 0 Å². The number of nitrogens with zero attached hydrogens (tertiary/aromatic N) is 2. The van der Waals surface area contributed by atoms with E-state index in [2.05, 4.69) is 10.3 Å². The predicted octanol–water partition coefficient (Wildman–Crippen LogP) is 2.37. The van der Waals surface area contributed by atoms with Gasteiger partial charge in [0, 0.05) is 30.1 Å². The lowest BCUT2D eigenvalue weighted by atomic mass is 9.91. The van der Waals surface area contributed by atoms with Crippen LogP contribution in [0, 0.1) is 11.3 Å². The molecule has 1 atom stereocenters. The highest BCUT2D eigenvalue weighted by molar-refractivity contribution is 7.13. The summed E-state index contributed by atoms with van der Waals surface area (Å²) in [7, 11) is 0. The van der Waals surface area contributed by atoms with E-state index < -0.39 is 5.41 Å². The predicted molar refractivity (Wildman–Crippen MR) is 79.5 cm³/mol. The van der Waals surface area contributed by atoms with Crippen LogP contribution in [0.25, 0.3) is 0 Å². The number of carbonyl (C=O) groups is 2. The Labute approximate surface area is 123 Å². The van der Waals surface area contributed by atoms with Crippen molar-refractivity contribution in [3.63, 3.8) is 0 Å². The molecule has 1 aliphatic rings. The van der Waals surface area contributed by atoms with Crippen LogP contribution in [0.4, 0.5) is 5.13 Å². The molecule has 20 heavy (non-hydrogen) atoms. The van der Waals surface area contributed by atoms with Gasteiger partial charge in [-0.3, -0.25) is 9.59 Å². The van der Waals surface area contributed by atoms with Gasteiger partial charge in [-0.1, -0.05) is 20.8 Å². The largest absolute Gasteiger partial charge is 0.341 e. The van der Waals surface area contributed by atoms with Crippen LogP contribution in [0.2, 0.25) is 0 Å². The summed E-state index contributed by atoms with van der Waals surface area (Å²) < 4.78 is 0. The lowest BCUT2D eigenvalue weighted by molar-refractivity contribution is -0.142. The first-order valence-electron chi connectivity index (χ1n) is 6.87. The first-order chi connectivity index (χ1) is 9.38. The minimum atomic E-state index is -0.395. The molecule has 0 radical (unpaired) electrons. The number of aromatic nitrogens is 1. The Morgan fingerprint density at radius 3 is 2.80 bits per heavy atom. The van der Waals surface area contributed by atoms with Gasteiger partial charge < -0.3 is 10.2 Å². The van der Waals surface area contributed by atoms with E-state index in [1.807, 2.05) is 31.1 Å². The number of amides is 2. The second-order valence-corrected chi connectivity index (χ2v) is 7.06. The Morgan fingerprint density at radius 1 is 1.45 bits per heavy atom. The molecule has 1 unspecified atom stereocenters. The molecule has 1 N–H and O–H groups in total. The van der Waals surface area contributed by atoms with Gasteiger partial charge in [0.05, 0.1) is 5.92 Å². The van der Waals surface area contributed by atoms with Gasteiger partial charge in [0.15, 0.2) is 5.13 Å². The molecular weight excluding hydrogens is 274 g/mol.